The van der Waals surface area contributed by atoms with Crippen LogP contribution in [0.3, 0.4) is 0 Å². The second-order valence-corrected chi connectivity index (χ2v) is 9.96. The van der Waals surface area contributed by atoms with Crippen molar-refractivity contribution in [1.82, 2.24) is 14.8 Å². The molecule has 0 saturated heterocycles. The summed E-state index contributed by atoms with van der Waals surface area (Å²) < 4.78 is 43.2. The van der Waals surface area contributed by atoms with E-state index in [1.165, 1.54) is 0 Å². The van der Waals surface area contributed by atoms with Crippen molar-refractivity contribution in [2.24, 2.45) is 11.7 Å². The van der Waals surface area contributed by atoms with Crippen molar-refractivity contribution in [3.8, 4) is 11.1 Å². The lowest BCUT2D eigenvalue weighted by molar-refractivity contribution is -0.140. The third kappa shape index (κ3) is 5.22. The number of nitrogens with one attached hydrogen (secondary N) is 1. The van der Waals surface area contributed by atoms with Crippen molar-refractivity contribution < 1.29 is 22.8 Å². The first kappa shape index (κ1) is 24.9. The van der Waals surface area contributed by atoms with Crippen LogP contribution < -0.4 is 11.1 Å². The maximum atomic E-state index is 13.6. The molecule has 0 aliphatic carbocycles. The zero-order valence-electron chi connectivity index (χ0n) is 18.5. The minimum atomic E-state index is -4.71. The molecule has 1 unspecified atom stereocenters. The van der Waals surface area contributed by atoms with Gasteiger partial charge in [0.05, 0.1) is 28.8 Å². The number of alkyl halides is 3. The summed E-state index contributed by atoms with van der Waals surface area (Å²) in [5.41, 5.74) is 6.07. The van der Waals surface area contributed by atoms with E-state index < -0.39 is 29.6 Å². The Kier molecular flexibility index (Phi) is 6.69. The van der Waals surface area contributed by atoms with E-state index in [9.17, 15) is 22.8 Å². The molecule has 0 radical (unpaired) electrons. The fraction of sp³-hybridized carbons (Fsp3) is 0.217. The highest BCUT2D eigenvalue weighted by atomic mass is 79.9. The van der Waals surface area contributed by atoms with Crippen molar-refractivity contribution >= 4 is 55.0 Å². The van der Waals surface area contributed by atoms with Gasteiger partial charge in [-0.2, -0.15) is 18.3 Å². The summed E-state index contributed by atoms with van der Waals surface area (Å²) in [5.74, 6) is -1.91. The van der Waals surface area contributed by atoms with Gasteiger partial charge in [-0.1, -0.05) is 36.8 Å². The van der Waals surface area contributed by atoms with Crippen molar-refractivity contribution in [1.29, 1.82) is 0 Å². The average Bonchev–Trinajstić information content (AvgIpc) is 3.36. The summed E-state index contributed by atoms with van der Waals surface area (Å²) in [4.78, 5) is 28.9. The van der Waals surface area contributed by atoms with Gasteiger partial charge in [0.25, 0.3) is 5.91 Å². The second kappa shape index (κ2) is 9.42. The lowest BCUT2D eigenvalue weighted by atomic mass is 9.99. The molecule has 35 heavy (non-hydrogen) atoms. The molecule has 0 aliphatic rings. The number of nitrogens with zero attached hydrogens (tertiary/aromatic N) is 3. The molecule has 0 spiro atoms. The smallest absolute Gasteiger partial charge is 0.365 e. The van der Waals surface area contributed by atoms with E-state index in [2.05, 4.69) is 31.3 Å². The first-order chi connectivity index (χ1) is 16.4. The topological polar surface area (TPSA) is 103 Å². The lowest BCUT2D eigenvalue weighted by Gasteiger charge is -2.15. The van der Waals surface area contributed by atoms with Gasteiger partial charge in [-0.25, -0.2) is 4.98 Å². The Balaban J connectivity index is 1.85. The number of halogens is 4. The minimum Gasteiger partial charge on any atom is -0.365 e. The van der Waals surface area contributed by atoms with Crippen molar-refractivity contribution in [3.05, 3.63) is 63.3 Å². The van der Waals surface area contributed by atoms with E-state index in [1.54, 1.807) is 48.3 Å². The third-order valence-electron chi connectivity index (χ3n) is 5.30. The Morgan fingerprint density at radius 3 is 2.51 bits per heavy atom. The molecule has 12 heteroatoms. The average molecular weight is 566 g/mol. The maximum Gasteiger partial charge on any atom is 0.433 e. The van der Waals surface area contributed by atoms with Gasteiger partial charge in [-0.05, 0) is 40.0 Å². The van der Waals surface area contributed by atoms with Crippen molar-refractivity contribution in [3.63, 3.8) is 0 Å². The van der Waals surface area contributed by atoms with Crippen LogP contribution in [0.5, 0.6) is 0 Å². The molecule has 7 nitrogen and oxygen atoms in total. The molecule has 4 rings (SSSR count). The van der Waals surface area contributed by atoms with Crippen molar-refractivity contribution in [2.45, 2.75) is 26.6 Å². The number of thiophene rings is 1. The molecule has 3 N–H and O–H groups in total. The van der Waals surface area contributed by atoms with Crippen LogP contribution in [0.2, 0.25) is 0 Å². The van der Waals surface area contributed by atoms with Crippen LogP contribution in [0.25, 0.3) is 21.3 Å². The molecule has 182 valence electrons. The molecular weight excluding hydrogens is 547 g/mol. The molecular formula is C23H19BrF3N5O2S. The number of benzene rings is 1. The molecule has 3 aromatic heterocycles. The number of anilines is 1. The first-order valence-electron chi connectivity index (χ1n) is 10.3. The Labute approximate surface area is 210 Å². The van der Waals surface area contributed by atoms with E-state index in [0.717, 1.165) is 16.1 Å². The quantitative estimate of drug-likeness (QED) is 0.316. The number of primary amides is 1. The molecule has 0 aliphatic heterocycles. The van der Waals surface area contributed by atoms with Gasteiger partial charge in [-0.15, -0.1) is 11.3 Å². The molecule has 3 heterocycles. The van der Waals surface area contributed by atoms with Crippen LogP contribution in [0.15, 0.2) is 47.2 Å². The van der Waals surface area contributed by atoms with E-state index >= 15 is 0 Å². The second-order valence-electron chi connectivity index (χ2n) is 8.04. The molecule has 1 atom stereocenters. The molecule has 2 amide bonds. The molecule has 0 saturated carbocycles. The fourth-order valence-corrected chi connectivity index (χ4v) is 4.88. The summed E-state index contributed by atoms with van der Waals surface area (Å²) in [6.07, 6.45) is -1.42. The number of aromatic nitrogens is 3. The van der Waals surface area contributed by atoms with Gasteiger partial charge >= 0.3 is 6.18 Å². The van der Waals surface area contributed by atoms with Gasteiger partial charge in [-0.3, -0.25) is 14.3 Å². The normalized spacial score (nSPS) is 12.6. The van der Waals surface area contributed by atoms with Crippen molar-refractivity contribution in [2.75, 3.05) is 5.32 Å². The number of carbonyl (C=O) groups is 2. The van der Waals surface area contributed by atoms with Crippen LogP contribution in [-0.2, 0) is 17.5 Å². The zero-order valence-corrected chi connectivity index (χ0v) is 20.9. The summed E-state index contributed by atoms with van der Waals surface area (Å²) in [6, 6.07) is 7.80. The predicted octanol–water partition coefficient (Wildman–Crippen LogP) is 5.62. The van der Waals surface area contributed by atoms with E-state index in [-0.39, 0.29) is 32.9 Å². The summed E-state index contributed by atoms with van der Waals surface area (Å²) in [6.45, 7) is 3.77. The number of amides is 2. The highest BCUT2D eigenvalue weighted by molar-refractivity contribution is 9.10. The van der Waals surface area contributed by atoms with Gasteiger partial charge in [0.2, 0.25) is 5.91 Å². The Morgan fingerprint density at radius 2 is 1.94 bits per heavy atom. The van der Waals surface area contributed by atoms with Crippen LogP contribution in [0.4, 0.5) is 18.9 Å². The Bertz CT molecular complexity index is 1430. The number of rotatable bonds is 6. The summed E-state index contributed by atoms with van der Waals surface area (Å²) >= 11 is 4.00. The molecule has 1 aromatic carbocycles. The number of hydrogen-bond acceptors (Lipinski definition) is 5. The Hall–Kier alpha value is -3.25. The fourth-order valence-electron chi connectivity index (χ4n) is 3.55. The van der Waals surface area contributed by atoms with Crippen LogP contribution in [-0.4, -0.2) is 26.6 Å². The zero-order chi connectivity index (χ0) is 25.5. The molecule has 4 aromatic rings. The number of pyridine rings is 1. The van der Waals surface area contributed by atoms with E-state index in [4.69, 9.17) is 5.73 Å². The number of hydrogen-bond donors (Lipinski definition) is 2. The lowest BCUT2D eigenvalue weighted by Crippen LogP contribution is -2.25. The molecule has 0 bridgehead atoms. The largest absolute Gasteiger partial charge is 0.433 e. The monoisotopic (exact) mass is 565 g/mol. The predicted molar refractivity (Wildman–Crippen MR) is 131 cm³/mol. The Morgan fingerprint density at radius 1 is 1.26 bits per heavy atom. The SMILES string of the molecule is Cc1ccc(-c2cc(C(F)(F)F)nc3sc(C(N)=O)c(NC(=O)C(C)Cn4cc(Br)cn4)c23)cc1. The van der Waals surface area contributed by atoms with Crippen LogP contribution in [0, 0.1) is 12.8 Å². The molecule has 0 fully saturated rings. The number of aryl methyl sites for hydroxylation is 1. The first-order valence-corrected chi connectivity index (χ1v) is 12.0. The van der Waals surface area contributed by atoms with Gasteiger partial charge in [0, 0.05) is 11.6 Å². The highest BCUT2D eigenvalue weighted by Gasteiger charge is 2.35. The summed E-state index contributed by atoms with van der Waals surface area (Å²) in [5, 5.41) is 7.07. The highest BCUT2D eigenvalue weighted by Crippen LogP contribution is 2.43. The number of fused-ring (bicyclic) bond motifs is 1. The number of carbonyl (C=O) groups excluding carboxylic acids is 2. The standard InChI is InChI=1S/C23H19BrF3N5O2S/c1-11-3-5-13(6-4-11)15-7-16(23(25,26)27)30-22-17(15)18(19(35-22)20(28)33)31-21(34)12(2)9-32-10-14(24)8-29-32/h3-8,10,12H,9H2,1-2H3,(H2,28,33)(H,31,34). The summed E-state index contributed by atoms with van der Waals surface area (Å²) in [7, 11) is 0. The van der Waals surface area contributed by atoms with Gasteiger partial charge in [0.1, 0.15) is 15.4 Å². The number of nitrogens with two attached hydrogens (primary N) is 1. The minimum absolute atomic E-state index is 0.0489. The third-order valence-corrected chi connectivity index (χ3v) is 6.80. The van der Waals surface area contributed by atoms with Gasteiger partial charge in [0.15, 0.2) is 0 Å². The van der Waals surface area contributed by atoms with Gasteiger partial charge < -0.3 is 11.1 Å². The maximum absolute atomic E-state index is 13.6. The van der Waals surface area contributed by atoms with Crippen LogP contribution in [0.1, 0.15) is 27.9 Å². The van der Waals surface area contributed by atoms with E-state index in [1.807, 2.05) is 6.92 Å². The van der Waals surface area contributed by atoms with Crippen LogP contribution >= 0.6 is 27.3 Å². The van der Waals surface area contributed by atoms with E-state index in [0.29, 0.717) is 16.9 Å².